The predicted octanol–water partition coefficient (Wildman–Crippen LogP) is 3.25. The largest absolute Gasteiger partial charge is 0.399 e. The molecule has 0 radical (unpaired) electrons. The first-order valence-electron chi connectivity index (χ1n) is 7.06. The summed E-state index contributed by atoms with van der Waals surface area (Å²) in [4.78, 5) is 12.2. The second-order valence-electron chi connectivity index (χ2n) is 5.95. The van der Waals surface area contributed by atoms with Crippen LogP contribution in [0.25, 0.3) is 0 Å². The standard InChI is InChI=1S/C15H20Cl2N2O2/c1-9-2-4-15(21,5-3-9)8-19-14(20)11-6-10(18)7-12(16)13(11)17/h6-7,9,21H,2-5,8,18H2,1H3,(H,19,20). The molecular weight excluding hydrogens is 311 g/mol. The summed E-state index contributed by atoms with van der Waals surface area (Å²) in [6, 6.07) is 2.98. The van der Waals surface area contributed by atoms with Crippen molar-refractivity contribution in [1.82, 2.24) is 5.32 Å². The predicted molar refractivity (Wildman–Crippen MR) is 85.8 cm³/mol. The fraction of sp³-hybridized carbons (Fsp3) is 0.533. The summed E-state index contributed by atoms with van der Waals surface area (Å²) in [7, 11) is 0. The maximum absolute atomic E-state index is 12.2. The van der Waals surface area contributed by atoms with Crippen LogP contribution in [0.3, 0.4) is 0 Å². The number of amides is 1. The second kappa shape index (κ2) is 6.42. The average molecular weight is 331 g/mol. The lowest BCUT2D eigenvalue weighted by atomic mass is 9.79. The Morgan fingerprint density at radius 1 is 1.43 bits per heavy atom. The topological polar surface area (TPSA) is 75.3 Å². The van der Waals surface area contributed by atoms with Gasteiger partial charge in [-0.2, -0.15) is 0 Å². The molecule has 116 valence electrons. The summed E-state index contributed by atoms with van der Waals surface area (Å²) in [5, 5.41) is 13.6. The number of anilines is 1. The third kappa shape index (κ3) is 4.02. The minimum Gasteiger partial charge on any atom is -0.399 e. The molecular formula is C15H20Cl2N2O2. The van der Waals surface area contributed by atoms with E-state index >= 15 is 0 Å². The van der Waals surface area contributed by atoms with Crippen LogP contribution < -0.4 is 11.1 Å². The Bertz CT molecular complexity index is 541. The molecule has 1 aromatic rings. The van der Waals surface area contributed by atoms with Gasteiger partial charge in [0.1, 0.15) is 0 Å². The van der Waals surface area contributed by atoms with E-state index in [1.165, 1.54) is 12.1 Å². The Kier molecular flexibility index (Phi) is 5.02. The lowest BCUT2D eigenvalue weighted by Crippen LogP contribution is -2.45. The van der Waals surface area contributed by atoms with Gasteiger partial charge in [-0.1, -0.05) is 30.1 Å². The van der Waals surface area contributed by atoms with Crippen LogP contribution in [0.4, 0.5) is 5.69 Å². The van der Waals surface area contributed by atoms with E-state index in [0.717, 1.165) is 12.8 Å². The van der Waals surface area contributed by atoms with Gasteiger partial charge in [0, 0.05) is 12.2 Å². The van der Waals surface area contributed by atoms with Crippen LogP contribution in [0.2, 0.25) is 10.0 Å². The number of carbonyl (C=O) groups is 1. The molecule has 1 aliphatic carbocycles. The molecule has 1 aliphatic rings. The summed E-state index contributed by atoms with van der Waals surface area (Å²) in [5.41, 5.74) is 5.45. The molecule has 0 aliphatic heterocycles. The number of aliphatic hydroxyl groups is 1. The van der Waals surface area contributed by atoms with Gasteiger partial charge in [0.25, 0.3) is 5.91 Å². The number of hydrogen-bond acceptors (Lipinski definition) is 3. The van der Waals surface area contributed by atoms with Gasteiger partial charge in [0.15, 0.2) is 0 Å². The van der Waals surface area contributed by atoms with Crippen LogP contribution in [0.1, 0.15) is 43.0 Å². The minimum absolute atomic E-state index is 0.174. The SMILES string of the molecule is CC1CCC(O)(CNC(=O)c2cc(N)cc(Cl)c2Cl)CC1. The summed E-state index contributed by atoms with van der Waals surface area (Å²) in [6.45, 7) is 2.38. The smallest absolute Gasteiger partial charge is 0.253 e. The molecule has 0 atom stereocenters. The Morgan fingerprint density at radius 2 is 2.05 bits per heavy atom. The summed E-state index contributed by atoms with van der Waals surface area (Å²) in [6.07, 6.45) is 3.33. The molecule has 1 saturated carbocycles. The van der Waals surface area contributed by atoms with Crippen molar-refractivity contribution in [3.05, 3.63) is 27.7 Å². The molecule has 0 unspecified atom stereocenters. The van der Waals surface area contributed by atoms with Crippen LogP contribution in [-0.2, 0) is 0 Å². The zero-order chi connectivity index (χ0) is 15.6. The van der Waals surface area contributed by atoms with E-state index in [0.29, 0.717) is 24.4 Å². The third-order valence-electron chi connectivity index (χ3n) is 4.08. The fourth-order valence-electron chi connectivity index (χ4n) is 2.59. The lowest BCUT2D eigenvalue weighted by molar-refractivity contribution is -0.00539. The number of carbonyl (C=O) groups excluding carboxylic acids is 1. The fourth-order valence-corrected chi connectivity index (χ4v) is 3.01. The van der Waals surface area contributed by atoms with Crippen LogP contribution in [0, 0.1) is 5.92 Å². The maximum Gasteiger partial charge on any atom is 0.253 e. The van der Waals surface area contributed by atoms with Gasteiger partial charge < -0.3 is 16.2 Å². The first-order chi connectivity index (χ1) is 9.81. The molecule has 2 rings (SSSR count). The van der Waals surface area contributed by atoms with E-state index < -0.39 is 5.60 Å². The first kappa shape index (κ1) is 16.4. The highest BCUT2D eigenvalue weighted by Gasteiger charge is 2.32. The Labute approximate surface area is 134 Å². The highest BCUT2D eigenvalue weighted by atomic mass is 35.5. The number of rotatable bonds is 3. The molecule has 6 heteroatoms. The normalized spacial score (nSPS) is 25.6. The van der Waals surface area contributed by atoms with Crippen molar-refractivity contribution in [2.45, 2.75) is 38.2 Å². The summed E-state index contributed by atoms with van der Waals surface area (Å²) >= 11 is 11.9. The summed E-state index contributed by atoms with van der Waals surface area (Å²) < 4.78 is 0. The van der Waals surface area contributed by atoms with Crippen molar-refractivity contribution in [2.75, 3.05) is 12.3 Å². The van der Waals surface area contributed by atoms with Crippen LogP contribution in [0.5, 0.6) is 0 Å². The van der Waals surface area contributed by atoms with Crippen molar-refractivity contribution in [2.24, 2.45) is 5.92 Å². The van der Waals surface area contributed by atoms with Crippen molar-refractivity contribution in [3.63, 3.8) is 0 Å². The van der Waals surface area contributed by atoms with E-state index in [-0.39, 0.29) is 28.1 Å². The Balaban J connectivity index is 2.02. The van der Waals surface area contributed by atoms with Gasteiger partial charge in [0.2, 0.25) is 0 Å². The van der Waals surface area contributed by atoms with Gasteiger partial charge in [-0.3, -0.25) is 4.79 Å². The molecule has 4 N–H and O–H groups in total. The van der Waals surface area contributed by atoms with Crippen molar-refractivity contribution >= 4 is 34.8 Å². The van der Waals surface area contributed by atoms with Crippen LogP contribution in [-0.4, -0.2) is 23.2 Å². The number of nitrogens with two attached hydrogens (primary N) is 1. The number of benzene rings is 1. The van der Waals surface area contributed by atoms with E-state index in [4.69, 9.17) is 28.9 Å². The highest BCUT2D eigenvalue weighted by Crippen LogP contribution is 2.32. The quantitative estimate of drug-likeness (QED) is 0.744. The highest BCUT2D eigenvalue weighted by molar-refractivity contribution is 6.44. The average Bonchev–Trinajstić information content (AvgIpc) is 2.44. The number of nitrogens with one attached hydrogen (secondary N) is 1. The zero-order valence-corrected chi connectivity index (χ0v) is 13.5. The molecule has 1 fully saturated rings. The van der Waals surface area contributed by atoms with Crippen molar-refractivity contribution < 1.29 is 9.90 Å². The molecule has 0 saturated heterocycles. The van der Waals surface area contributed by atoms with Gasteiger partial charge >= 0.3 is 0 Å². The minimum atomic E-state index is -0.835. The molecule has 4 nitrogen and oxygen atoms in total. The van der Waals surface area contributed by atoms with Crippen LogP contribution in [0.15, 0.2) is 12.1 Å². The van der Waals surface area contributed by atoms with E-state index in [2.05, 4.69) is 12.2 Å². The van der Waals surface area contributed by atoms with Crippen molar-refractivity contribution in [1.29, 1.82) is 0 Å². The van der Waals surface area contributed by atoms with Crippen molar-refractivity contribution in [3.8, 4) is 0 Å². The maximum atomic E-state index is 12.2. The Morgan fingerprint density at radius 3 is 2.67 bits per heavy atom. The monoisotopic (exact) mass is 330 g/mol. The van der Waals surface area contributed by atoms with Gasteiger partial charge in [-0.25, -0.2) is 0 Å². The molecule has 1 amide bonds. The van der Waals surface area contributed by atoms with Gasteiger partial charge in [-0.15, -0.1) is 0 Å². The molecule has 0 bridgehead atoms. The summed E-state index contributed by atoms with van der Waals surface area (Å²) in [5.74, 6) is 0.254. The first-order valence-corrected chi connectivity index (χ1v) is 7.81. The van der Waals surface area contributed by atoms with Gasteiger partial charge in [0.05, 0.1) is 21.2 Å². The molecule has 0 heterocycles. The van der Waals surface area contributed by atoms with E-state index in [1.807, 2.05) is 0 Å². The lowest BCUT2D eigenvalue weighted by Gasteiger charge is -2.35. The van der Waals surface area contributed by atoms with E-state index in [1.54, 1.807) is 0 Å². The molecule has 0 spiro atoms. The zero-order valence-electron chi connectivity index (χ0n) is 12.0. The number of hydrogen-bond donors (Lipinski definition) is 3. The Hall–Kier alpha value is -0.970. The van der Waals surface area contributed by atoms with E-state index in [9.17, 15) is 9.90 Å². The third-order valence-corrected chi connectivity index (χ3v) is 4.88. The molecule has 0 aromatic heterocycles. The van der Waals surface area contributed by atoms with Crippen LogP contribution >= 0.6 is 23.2 Å². The number of halogens is 2. The second-order valence-corrected chi connectivity index (χ2v) is 6.74. The number of nitrogen functional groups attached to an aromatic ring is 1. The van der Waals surface area contributed by atoms with Gasteiger partial charge in [-0.05, 0) is 43.7 Å². The molecule has 21 heavy (non-hydrogen) atoms. The molecule has 1 aromatic carbocycles.